The van der Waals surface area contributed by atoms with E-state index in [1.165, 1.54) is 16.0 Å². The lowest BCUT2D eigenvalue weighted by atomic mass is 10.0. The van der Waals surface area contributed by atoms with Crippen LogP contribution in [0.3, 0.4) is 0 Å². The maximum absolute atomic E-state index is 12.3. The van der Waals surface area contributed by atoms with E-state index >= 15 is 0 Å². The van der Waals surface area contributed by atoms with E-state index in [0.717, 1.165) is 31.9 Å². The van der Waals surface area contributed by atoms with Crippen LogP contribution in [0.5, 0.6) is 0 Å². The van der Waals surface area contributed by atoms with Crippen LogP contribution in [0.1, 0.15) is 17.5 Å². The van der Waals surface area contributed by atoms with Gasteiger partial charge in [-0.25, -0.2) is 0 Å². The zero-order chi connectivity index (χ0) is 14.8. The molecule has 0 unspecified atom stereocenters. The van der Waals surface area contributed by atoms with Crippen molar-refractivity contribution in [2.45, 2.75) is 25.2 Å². The van der Waals surface area contributed by atoms with Gasteiger partial charge in [0.05, 0.1) is 0 Å². The standard InChI is InChI=1S/C17H24N2OS/c1-12-3-4-16(7-13(12)2)21-6-5-17(20)19-10-14-8-18-9-15(14)11-19/h3-4,7,14-15,18H,5-6,8-11H2,1-2H3/t14-,15+. The molecular formula is C17H24N2OS. The fourth-order valence-electron chi connectivity index (χ4n) is 3.28. The topological polar surface area (TPSA) is 32.3 Å². The second-order valence-corrected chi connectivity index (χ2v) is 7.49. The van der Waals surface area contributed by atoms with Crippen molar-refractivity contribution in [3.63, 3.8) is 0 Å². The van der Waals surface area contributed by atoms with Crippen LogP contribution in [0, 0.1) is 25.7 Å². The third kappa shape index (κ3) is 3.43. The Balaban J connectivity index is 1.45. The summed E-state index contributed by atoms with van der Waals surface area (Å²) in [6.07, 6.45) is 0.657. The molecule has 4 heteroatoms. The van der Waals surface area contributed by atoms with Crippen molar-refractivity contribution < 1.29 is 4.79 Å². The maximum Gasteiger partial charge on any atom is 0.223 e. The highest BCUT2D eigenvalue weighted by atomic mass is 32.2. The molecule has 0 radical (unpaired) electrons. The van der Waals surface area contributed by atoms with Gasteiger partial charge in [-0.15, -0.1) is 11.8 Å². The van der Waals surface area contributed by atoms with E-state index in [4.69, 9.17) is 0 Å². The van der Waals surface area contributed by atoms with Gasteiger partial charge in [-0.1, -0.05) is 6.07 Å². The Labute approximate surface area is 131 Å². The fraction of sp³-hybridized carbons (Fsp3) is 0.588. The van der Waals surface area contributed by atoms with Crippen LogP contribution in [0.4, 0.5) is 0 Å². The zero-order valence-electron chi connectivity index (χ0n) is 12.9. The SMILES string of the molecule is Cc1ccc(SCCC(=O)N2C[C@H]3CNC[C@H]3C2)cc1C. The van der Waals surface area contributed by atoms with Gasteiger partial charge in [0.25, 0.3) is 0 Å². The number of carbonyl (C=O) groups excluding carboxylic acids is 1. The number of amides is 1. The van der Waals surface area contributed by atoms with E-state index in [1.807, 2.05) is 0 Å². The third-order valence-corrected chi connectivity index (χ3v) is 5.80. The molecule has 1 aromatic rings. The minimum Gasteiger partial charge on any atom is -0.342 e. The zero-order valence-corrected chi connectivity index (χ0v) is 13.7. The maximum atomic E-state index is 12.3. The molecule has 1 aromatic carbocycles. The van der Waals surface area contributed by atoms with Gasteiger partial charge in [0, 0.05) is 43.2 Å². The van der Waals surface area contributed by atoms with Gasteiger partial charge in [-0.3, -0.25) is 4.79 Å². The minimum absolute atomic E-state index is 0.334. The van der Waals surface area contributed by atoms with Crippen molar-refractivity contribution in [3.8, 4) is 0 Å². The summed E-state index contributed by atoms with van der Waals surface area (Å²) in [4.78, 5) is 15.6. The summed E-state index contributed by atoms with van der Waals surface area (Å²) < 4.78 is 0. The molecule has 0 aromatic heterocycles. The first kappa shape index (κ1) is 14.9. The van der Waals surface area contributed by atoms with E-state index in [2.05, 4.69) is 42.3 Å². The quantitative estimate of drug-likeness (QED) is 0.867. The van der Waals surface area contributed by atoms with Crippen LogP contribution >= 0.6 is 11.8 Å². The molecule has 2 aliphatic heterocycles. The molecule has 2 fully saturated rings. The number of nitrogens with zero attached hydrogens (tertiary/aromatic N) is 1. The Morgan fingerprint density at radius 2 is 1.95 bits per heavy atom. The molecule has 2 saturated heterocycles. The molecule has 0 bridgehead atoms. The molecule has 3 nitrogen and oxygen atoms in total. The molecule has 2 aliphatic rings. The molecule has 0 spiro atoms. The molecule has 2 heterocycles. The van der Waals surface area contributed by atoms with Crippen molar-refractivity contribution in [2.75, 3.05) is 31.9 Å². The number of thioether (sulfide) groups is 1. The highest BCUT2D eigenvalue weighted by molar-refractivity contribution is 7.99. The van der Waals surface area contributed by atoms with Gasteiger partial charge < -0.3 is 10.2 Å². The lowest BCUT2D eigenvalue weighted by molar-refractivity contribution is -0.129. The van der Waals surface area contributed by atoms with E-state index in [1.54, 1.807) is 11.8 Å². The molecule has 2 atom stereocenters. The van der Waals surface area contributed by atoms with Crippen molar-refractivity contribution in [1.82, 2.24) is 10.2 Å². The molecule has 1 N–H and O–H groups in total. The summed E-state index contributed by atoms with van der Waals surface area (Å²) in [5, 5.41) is 3.42. The van der Waals surface area contributed by atoms with Crippen LogP contribution in [0.25, 0.3) is 0 Å². The number of fused-ring (bicyclic) bond motifs is 1. The summed E-state index contributed by atoms with van der Waals surface area (Å²) in [5.74, 6) is 2.61. The second-order valence-electron chi connectivity index (χ2n) is 6.32. The number of rotatable bonds is 4. The van der Waals surface area contributed by atoms with Crippen LogP contribution in [-0.2, 0) is 4.79 Å². The van der Waals surface area contributed by atoms with Crippen LogP contribution in [-0.4, -0.2) is 42.7 Å². The Bertz CT molecular complexity index is 520. The molecule has 1 amide bonds. The Hall–Kier alpha value is -1.00. The Morgan fingerprint density at radius 3 is 2.62 bits per heavy atom. The van der Waals surface area contributed by atoms with Crippen molar-refractivity contribution in [2.24, 2.45) is 11.8 Å². The smallest absolute Gasteiger partial charge is 0.223 e. The molecule has 0 saturated carbocycles. The monoisotopic (exact) mass is 304 g/mol. The summed E-state index contributed by atoms with van der Waals surface area (Å²) >= 11 is 1.79. The molecule has 114 valence electrons. The molecule has 21 heavy (non-hydrogen) atoms. The first-order chi connectivity index (χ1) is 10.1. The largest absolute Gasteiger partial charge is 0.342 e. The van der Waals surface area contributed by atoms with Gasteiger partial charge in [-0.05, 0) is 48.9 Å². The van der Waals surface area contributed by atoms with Gasteiger partial charge >= 0.3 is 0 Å². The average Bonchev–Trinajstić information content (AvgIpc) is 3.03. The summed E-state index contributed by atoms with van der Waals surface area (Å²) in [6.45, 7) is 8.38. The Morgan fingerprint density at radius 1 is 1.24 bits per heavy atom. The average molecular weight is 304 g/mol. The highest BCUT2D eigenvalue weighted by Crippen LogP contribution is 2.27. The lowest BCUT2D eigenvalue weighted by Gasteiger charge is -2.17. The van der Waals surface area contributed by atoms with Crippen molar-refractivity contribution >= 4 is 17.7 Å². The normalized spacial score (nSPS) is 24.4. The molecule has 0 aliphatic carbocycles. The fourth-order valence-corrected chi connectivity index (χ4v) is 4.21. The van der Waals surface area contributed by atoms with E-state index in [9.17, 15) is 4.79 Å². The molecule has 3 rings (SSSR count). The summed E-state index contributed by atoms with van der Waals surface area (Å²) in [7, 11) is 0. The number of likely N-dealkylation sites (tertiary alicyclic amines) is 1. The van der Waals surface area contributed by atoms with Crippen LogP contribution < -0.4 is 5.32 Å². The Kier molecular flexibility index (Phi) is 4.55. The van der Waals surface area contributed by atoms with Crippen molar-refractivity contribution in [1.29, 1.82) is 0 Å². The predicted octanol–water partition coefficient (Wildman–Crippen LogP) is 2.46. The first-order valence-corrected chi connectivity index (χ1v) is 8.80. The minimum atomic E-state index is 0.334. The van der Waals surface area contributed by atoms with Gasteiger partial charge in [0.15, 0.2) is 0 Å². The van der Waals surface area contributed by atoms with Crippen molar-refractivity contribution in [3.05, 3.63) is 29.3 Å². The highest BCUT2D eigenvalue weighted by Gasteiger charge is 2.37. The van der Waals surface area contributed by atoms with Gasteiger partial charge in [0.2, 0.25) is 5.91 Å². The predicted molar refractivity (Wildman–Crippen MR) is 87.7 cm³/mol. The second kappa shape index (κ2) is 6.41. The third-order valence-electron chi connectivity index (χ3n) is 4.81. The first-order valence-electron chi connectivity index (χ1n) is 7.82. The number of benzene rings is 1. The van der Waals surface area contributed by atoms with Crippen LogP contribution in [0.15, 0.2) is 23.1 Å². The number of nitrogens with one attached hydrogen (secondary N) is 1. The molecular weight excluding hydrogens is 280 g/mol. The summed E-state index contributed by atoms with van der Waals surface area (Å²) in [6, 6.07) is 6.54. The number of aryl methyl sites for hydroxylation is 2. The van der Waals surface area contributed by atoms with E-state index in [0.29, 0.717) is 24.2 Å². The van der Waals surface area contributed by atoms with E-state index < -0.39 is 0 Å². The van der Waals surface area contributed by atoms with E-state index in [-0.39, 0.29) is 0 Å². The number of hydrogen-bond acceptors (Lipinski definition) is 3. The van der Waals surface area contributed by atoms with Gasteiger partial charge in [-0.2, -0.15) is 0 Å². The lowest BCUT2D eigenvalue weighted by Crippen LogP contribution is -2.32. The van der Waals surface area contributed by atoms with Gasteiger partial charge in [0.1, 0.15) is 0 Å². The number of hydrogen-bond donors (Lipinski definition) is 1. The number of carbonyl (C=O) groups is 1. The van der Waals surface area contributed by atoms with Crippen LogP contribution in [0.2, 0.25) is 0 Å². The summed E-state index contributed by atoms with van der Waals surface area (Å²) in [5.41, 5.74) is 2.65.